The first kappa shape index (κ1) is 22.1. The van der Waals surface area contributed by atoms with Crippen LogP contribution in [0.2, 0.25) is 0 Å². The van der Waals surface area contributed by atoms with E-state index < -0.39 is 9.05 Å². The molecule has 0 spiro atoms. The first-order valence-electron chi connectivity index (χ1n) is 8.87. The Labute approximate surface area is 139 Å². The molecule has 0 saturated heterocycles. The molecular formula is C17H38O4Si. The standard InChI is InChI=1S/C17H38O4Si/c1-8-18-22(19-12-9-15(2)3,20-13-10-16(4)5)21-14-11-17(6)7/h15-17H,8-14H2,1-7H3. The third-order valence-corrected chi connectivity index (χ3v) is 5.56. The smallest absolute Gasteiger partial charge is 0.351 e. The maximum absolute atomic E-state index is 6.02. The fourth-order valence-electron chi connectivity index (χ4n) is 1.69. The third kappa shape index (κ3) is 11.6. The Balaban J connectivity index is 4.60. The molecule has 5 heteroatoms. The van der Waals surface area contributed by atoms with Crippen LogP contribution in [0.25, 0.3) is 0 Å². The monoisotopic (exact) mass is 334 g/mol. The van der Waals surface area contributed by atoms with Gasteiger partial charge in [-0.15, -0.1) is 0 Å². The summed E-state index contributed by atoms with van der Waals surface area (Å²) in [5.41, 5.74) is 0. The van der Waals surface area contributed by atoms with Gasteiger partial charge in [0.05, 0.1) is 0 Å². The molecule has 0 amide bonds. The molecule has 134 valence electrons. The van der Waals surface area contributed by atoms with Crippen molar-refractivity contribution in [1.29, 1.82) is 0 Å². The van der Waals surface area contributed by atoms with Crippen LogP contribution >= 0.6 is 0 Å². The summed E-state index contributed by atoms with van der Waals surface area (Å²) < 4.78 is 23.9. The largest absolute Gasteiger partial charge is 0.679 e. The van der Waals surface area contributed by atoms with Gasteiger partial charge >= 0.3 is 9.05 Å². The van der Waals surface area contributed by atoms with E-state index in [4.69, 9.17) is 17.7 Å². The van der Waals surface area contributed by atoms with E-state index in [9.17, 15) is 0 Å². The Kier molecular flexibility index (Phi) is 12.5. The Bertz CT molecular complexity index is 221. The van der Waals surface area contributed by atoms with Crippen LogP contribution < -0.4 is 0 Å². The lowest BCUT2D eigenvalue weighted by atomic mass is 10.2. The van der Waals surface area contributed by atoms with Crippen molar-refractivity contribution in [2.24, 2.45) is 17.8 Å². The maximum atomic E-state index is 6.02. The van der Waals surface area contributed by atoms with Gasteiger partial charge in [0, 0.05) is 26.4 Å². The van der Waals surface area contributed by atoms with Crippen LogP contribution in [-0.2, 0) is 17.7 Å². The highest BCUT2D eigenvalue weighted by molar-refractivity contribution is 6.53. The van der Waals surface area contributed by atoms with Crippen molar-refractivity contribution in [1.82, 2.24) is 0 Å². The lowest BCUT2D eigenvalue weighted by Gasteiger charge is -2.28. The first-order valence-corrected chi connectivity index (χ1v) is 10.5. The van der Waals surface area contributed by atoms with Crippen molar-refractivity contribution >= 4 is 9.05 Å². The van der Waals surface area contributed by atoms with Gasteiger partial charge in [-0.05, 0) is 43.9 Å². The molecule has 0 unspecified atom stereocenters. The lowest BCUT2D eigenvalue weighted by molar-refractivity contribution is -0.0372. The summed E-state index contributed by atoms with van der Waals surface area (Å²) in [5.74, 6) is 1.79. The fraction of sp³-hybridized carbons (Fsp3) is 1.00. The third-order valence-electron chi connectivity index (χ3n) is 3.24. The zero-order chi connectivity index (χ0) is 17.0. The summed E-state index contributed by atoms with van der Waals surface area (Å²) in [4.78, 5) is 0. The van der Waals surface area contributed by atoms with E-state index in [1.165, 1.54) is 0 Å². The van der Waals surface area contributed by atoms with Gasteiger partial charge in [-0.3, -0.25) is 0 Å². The second kappa shape index (κ2) is 12.5. The maximum Gasteiger partial charge on any atom is 0.679 e. The molecule has 0 bridgehead atoms. The van der Waals surface area contributed by atoms with Gasteiger partial charge in [0.1, 0.15) is 0 Å². The van der Waals surface area contributed by atoms with E-state index in [1.54, 1.807) is 0 Å². The Morgan fingerprint density at radius 1 is 0.591 bits per heavy atom. The summed E-state index contributed by atoms with van der Waals surface area (Å²) in [5, 5.41) is 0. The van der Waals surface area contributed by atoms with Crippen molar-refractivity contribution in [2.75, 3.05) is 26.4 Å². The van der Waals surface area contributed by atoms with Gasteiger partial charge in [0.2, 0.25) is 0 Å². The zero-order valence-corrected chi connectivity index (χ0v) is 16.8. The minimum absolute atomic E-state index is 0.553. The van der Waals surface area contributed by atoms with Gasteiger partial charge in [-0.2, -0.15) is 0 Å². The molecule has 0 aliphatic carbocycles. The van der Waals surface area contributed by atoms with Crippen molar-refractivity contribution in [3.05, 3.63) is 0 Å². The summed E-state index contributed by atoms with van der Waals surface area (Å²) in [6.45, 7) is 17.5. The summed E-state index contributed by atoms with van der Waals surface area (Å²) in [6.07, 6.45) is 2.97. The van der Waals surface area contributed by atoms with Crippen LogP contribution in [0.5, 0.6) is 0 Å². The van der Waals surface area contributed by atoms with Gasteiger partial charge in [-0.25, -0.2) is 0 Å². The fourth-order valence-corrected chi connectivity index (χ4v) is 3.64. The zero-order valence-electron chi connectivity index (χ0n) is 15.8. The second-order valence-electron chi connectivity index (χ2n) is 7.03. The Morgan fingerprint density at radius 3 is 1.14 bits per heavy atom. The van der Waals surface area contributed by atoms with Crippen molar-refractivity contribution in [3.8, 4) is 0 Å². The Hall–Kier alpha value is 0.0569. The van der Waals surface area contributed by atoms with Gasteiger partial charge in [0.25, 0.3) is 0 Å². The first-order chi connectivity index (χ1) is 10.3. The number of hydrogen-bond donors (Lipinski definition) is 0. The molecule has 0 saturated carbocycles. The highest BCUT2D eigenvalue weighted by Crippen LogP contribution is 2.17. The van der Waals surface area contributed by atoms with E-state index >= 15 is 0 Å². The molecule has 0 atom stereocenters. The molecule has 0 fully saturated rings. The lowest BCUT2D eigenvalue weighted by Crippen LogP contribution is -2.50. The molecule has 4 nitrogen and oxygen atoms in total. The molecule has 0 N–H and O–H groups in total. The average Bonchev–Trinajstić information content (AvgIpc) is 2.37. The quantitative estimate of drug-likeness (QED) is 0.433. The van der Waals surface area contributed by atoms with Gasteiger partial charge in [0.15, 0.2) is 0 Å². The average molecular weight is 335 g/mol. The van der Waals surface area contributed by atoms with Crippen LogP contribution in [0, 0.1) is 17.8 Å². The number of hydrogen-bond acceptors (Lipinski definition) is 4. The molecule has 0 aromatic rings. The highest BCUT2D eigenvalue weighted by Gasteiger charge is 2.45. The van der Waals surface area contributed by atoms with Crippen LogP contribution in [0.4, 0.5) is 0 Å². The second-order valence-corrected chi connectivity index (χ2v) is 9.18. The summed E-state index contributed by atoms with van der Waals surface area (Å²) in [7, 11) is -3.00. The molecule has 0 radical (unpaired) electrons. The van der Waals surface area contributed by atoms with Crippen molar-refractivity contribution < 1.29 is 17.7 Å². The van der Waals surface area contributed by atoms with E-state index in [1.807, 2.05) is 6.92 Å². The Morgan fingerprint density at radius 2 is 0.909 bits per heavy atom. The van der Waals surface area contributed by atoms with Crippen molar-refractivity contribution in [2.45, 2.75) is 67.7 Å². The summed E-state index contributed by atoms with van der Waals surface area (Å²) >= 11 is 0. The van der Waals surface area contributed by atoms with E-state index in [-0.39, 0.29) is 0 Å². The minimum atomic E-state index is -3.00. The van der Waals surface area contributed by atoms with E-state index in [0.29, 0.717) is 44.2 Å². The molecule has 0 rings (SSSR count). The predicted molar refractivity (Wildman–Crippen MR) is 93.6 cm³/mol. The van der Waals surface area contributed by atoms with E-state index in [0.717, 1.165) is 19.3 Å². The molecular weight excluding hydrogens is 296 g/mol. The normalized spacial score (nSPS) is 12.8. The van der Waals surface area contributed by atoms with Crippen LogP contribution in [0.3, 0.4) is 0 Å². The van der Waals surface area contributed by atoms with E-state index in [2.05, 4.69) is 41.5 Å². The van der Waals surface area contributed by atoms with Crippen LogP contribution in [0.1, 0.15) is 67.7 Å². The minimum Gasteiger partial charge on any atom is -0.351 e. The van der Waals surface area contributed by atoms with Crippen molar-refractivity contribution in [3.63, 3.8) is 0 Å². The molecule has 0 aromatic carbocycles. The molecule has 0 heterocycles. The summed E-state index contributed by atoms with van der Waals surface area (Å²) in [6, 6.07) is 0. The molecule has 0 aliphatic rings. The predicted octanol–water partition coefficient (Wildman–Crippen LogP) is 4.65. The molecule has 0 aliphatic heterocycles. The van der Waals surface area contributed by atoms with Crippen LogP contribution in [0.15, 0.2) is 0 Å². The molecule has 0 aromatic heterocycles. The number of rotatable bonds is 14. The van der Waals surface area contributed by atoms with Crippen LogP contribution in [-0.4, -0.2) is 35.5 Å². The highest BCUT2D eigenvalue weighted by atomic mass is 28.4. The van der Waals surface area contributed by atoms with Gasteiger partial charge < -0.3 is 17.7 Å². The SMILES string of the molecule is CCO[Si](OCCC(C)C)(OCCC(C)C)OCCC(C)C. The topological polar surface area (TPSA) is 36.9 Å². The molecule has 22 heavy (non-hydrogen) atoms. The van der Waals surface area contributed by atoms with Gasteiger partial charge in [-0.1, -0.05) is 41.5 Å².